The molecule has 0 radical (unpaired) electrons. The van der Waals surface area contributed by atoms with Crippen LogP contribution >= 0.6 is 0 Å². The van der Waals surface area contributed by atoms with Crippen molar-refractivity contribution in [2.45, 2.75) is 322 Å². The van der Waals surface area contributed by atoms with Crippen LogP contribution in [0.25, 0.3) is 0 Å². The highest BCUT2D eigenvalue weighted by Gasteiger charge is 2.19. The maximum Gasteiger partial charge on any atom is 0.306 e. The van der Waals surface area contributed by atoms with E-state index in [4.69, 9.17) is 14.2 Å². The molecule has 0 aliphatic heterocycles. The monoisotopic (exact) mass is 993 g/mol. The molecule has 0 amide bonds. The number of rotatable bonds is 56. The number of allylic oxidation sites excluding steroid dienone is 10. The minimum absolute atomic E-state index is 0.0806. The summed E-state index contributed by atoms with van der Waals surface area (Å²) in [5.41, 5.74) is 0. The summed E-state index contributed by atoms with van der Waals surface area (Å²) in [6.07, 6.45) is 74.9. The van der Waals surface area contributed by atoms with Crippen LogP contribution in [-0.4, -0.2) is 37.2 Å². The molecule has 0 heterocycles. The van der Waals surface area contributed by atoms with Crippen molar-refractivity contribution >= 4 is 17.9 Å². The molecule has 0 aliphatic rings. The molecule has 0 saturated heterocycles. The Bertz CT molecular complexity index is 1280. The Hall–Kier alpha value is -2.89. The summed E-state index contributed by atoms with van der Waals surface area (Å²) in [6, 6.07) is 0. The van der Waals surface area contributed by atoms with Gasteiger partial charge in [0.05, 0.1) is 0 Å². The van der Waals surface area contributed by atoms with E-state index >= 15 is 0 Å². The lowest BCUT2D eigenvalue weighted by molar-refractivity contribution is -0.167. The first-order valence-corrected chi connectivity index (χ1v) is 30.8. The zero-order valence-corrected chi connectivity index (χ0v) is 47.2. The number of ether oxygens (including phenoxy) is 3. The van der Waals surface area contributed by atoms with Crippen LogP contribution in [-0.2, 0) is 28.6 Å². The smallest absolute Gasteiger partial charge is 0.306 e. The maximum absolute atomic E-state index is 12.9. The highest BCUT2D eigenvalue weighted by Crippen LogP contribution is 2.17. The van der Waals surface area contributed by atoms with Crippen LogP contribution in [0.15, 0.2) is 60.8 Å². The first-order valence-electron chi connectivity index (χ1n) is 30.8. The number of hydrogen-bond donors (Lipinski definition) is 0. The zero-order chi connectivity index (χ0) is 51.4. The molecular formula is C65H116O6. The number of esters is 3. The van der Waals surface area contributed by atoms with Gasteiger partial charge in [-0.1, -0.05) is 287 Å². The Balaban J connectivity index is 4.40. The second kappa shape index (κ2) is 59.7. The van der Waals surface area contributed by atoms with Gasteiger partial charge in [-0.25, -0.2) is 0 Å². The molecule has 6 heteroatoms. The molecule has 0 bridgehead atoms. The van der Waals surface area contributed by atoms with Gasteiger partial charge in [0.1, 0.15) is 13.2 Å². The lowest BCUT2D eigenvalue weighted by atomic mass is 10.0. The van der Waals surface area contributed by atoms with Crippen LogP contribution < -0.4 is 0 Å². The van der Waals surface area contributed by atoms with Crippen molar-refractivity contribution < 1.29 is 28.6 Å². The Morgan fingerprint density at radius 1 is 0.282 bits per heavy atom. The van der Waals surface area contributed by atoms with Gasteiger partial charge in [-0.3, -0.25) is 14.4 Å². The standard InChI is InChI=1S/C65H116O6/c1-4-7-10-13-16-19-22-25-28-31-33-35-37-40-43-46-49-52-55-58-64(67)70-61-62(60-69-63(66)57-54-51-48-45-42-39-36-30-27-24-21-18-15-12-9-6-3)71-65(68)59-56-53-50-47-44-41-38-34-32-29-26-23-20-17-14-11-8-5-2/h16,19,22-23,25-26,29,32,34,38,62H,4-15,17-18,20-21,24,27-28,30-31,33,35-37,39-61H2,1-3H3/b19-16-,25-22-,26-23-,32-29-,38-34-. The maximum atomic E-state index is 12.9. The van der Waals surface area contributed by atoms with Gasteiger partial charge in [-0.05, 0) is 70.6 Å². The fraction of sp³-hybridized carbons (Fsp3) is 0.800. The van der Waals surface area contributed by atoms with Crippen molar-refractivity contribution in [3.05, 3.63) is 60.8 Å². The Labute approximate surface area is 440 Å². The van der Waals surface area contributed by atoms with E-state index in [1.807, 2.05) is 0 Å². The van der Waals surface area contributed by atoms with Crippen molar-refractivity contribution in [2.75, 3.05) is 13.2 Å². The fourth-order valence-corrected chi connectivity index (χ4v) is 8.91. The molecule has 1 unspecified atom stereocenters. The normalized spacial score (nSPS) is 12.4. The van der Waals surface area contributed by atoms with Gasteiger partial charge in [0, 0.05) is 19.3 Å². The number of carbonyl (C=O) groups excluding carboxylic acids is 3. The van der Waals surface area contributed by atoms with E-state index in [0.29, 0.717) is 19.3 Å². The molecule has 0 aromatic rings. The van der Waals surface area contributed by atoms with Crippen molar-refractivity contribution in [3.63, 3.8) is 0 Å². The summed E-state index contributed by atoms with van der Waals surface area (Å²) >= 11 is 0. The quantitative estimate of drug-likeness (QED) is 0.0261. The highest BCUT2D eigenvalue weighted by atomic mass is 16.6. The highest BCUT2D eigenvalue weighted by molar-refractivity contribution is 5.71. The first-order chi connectivity index (χ1) is 35.0. The van der Waals surface area contributed by atoms with Crippen LogP contribution in [0.5, 0.6) is 0 Å². The lowest BCUT2D eigenvalue weighted by Gasteiger charge is -2.18. The SMILES string of the molecule is CCCCC/C=C\C=C/CCCCCCCCCCCCC(=O)OCC(COC(=O)CCCCCCCCCCCCCCCCCC)OC(=O)CCCCCCC\C=C/C=C\C=C/CCCCCCC. The molecule has 0 aliphatic carbocycles. The molecule has 0 saturated carbocycles. The van der Waals surface area contributed by atoms with E-state index in [1.54, 1.807) is 0 Å². The minimum atomic E-state index is -0.785. The van der Waals surface area contributed by atoms with Crippen LogP contribution in [0.3, 0.4) is 0 Å². The number of unbranched alkanes of at least 4 members (excludes halogenated alkanes) is 38. The topological polar surface area (TPSA) is 78.9 Å². The third-order valence-electron chi connectivity index (χ3n) is 13.6. The number of carbonyl (C=O) groups is 3. The van der Waals surface area contributed by atoms with Gasteiger partial charge in [-0.2, -0.15) is 0 Å². The van der Waals surface area contributed by atoms with Crippen LogP contribution in [0.4, 0.5) is 0 Å². The molecule has 0 aromatic carbocycles. The molecule has 71 heavy (non-hydrogen) atoms. The van der Waals surface area contributed by atoms with Gasteiger partial charge in [0.15, 0.2) is 6.10 Å². The molecule has 0 rings (SSSR count). The Kier molecular flexibility index (Phi) is 57.2. The minimum Gasteiger partial charge on any atom is -0.462 e. The molecule has 0 aromatic heterocycles. The van der Waals surface area contributed by atoms with Crippen LogP contribution in [0.2, 0.25) is 0 Å². The molecule has 412 valence electrons. The molecule has 0 N–H and O–H groups in total. The summed E-state index contributed by atoms with van der Waals surface area (Å²) in [4.78, 5) is 38.3. The second-order valence-electron chi connectivity index (χ2n) is 20.7. The fourth-order valence-electron chi connectivity index (χ4n) is 8.91. The zero-order valence-electron chi connectivity index (χ0n) is 47.2. The summed E-state index contributed by atoms with van der Waals surface area (Å²) in [5, 5.41) is 0. The second-order valence-corrected chi connectivity index (χ2v) is 20.7. The average Bonchev–Trinajstić information content (AvgIpc) is 3.37. The molecule has 0 fully saturated rings. The van der Waals surface area contributed by atoms with Gasteiger partial charge in [0.2, 0.25) is 0 Å². The average molecular weight is 994 g/mol. The number of hydrogen-bond acceptors (Lipinski definition) is 6. The Morgan fingerprint density at radius 3 is 0.817 bits per heavy atom. The van der Waals surface area contributed by atoms with Crippen molar-refractivity contribution in [3.8, 4) is 0 Å². The predicted octanol–water partition coefficient (Wildman–Crippen LogP) is 20.8. The van der Waals surface area contributed by atoms with Gasteiger partial charge < -0.3 is 14.2 Å². The Morgan fingerprint density at radius 2 is 0.507 bits per heavy atom. The van der Waals surface area contributed by atoms with E-state index in [0.717, 1.165) is 77.0 Å². The van der Waals surface area contributed by atoms with Crippen LogP contribution in [0.1, 0.15) is 316 Å². The van der Waals surface area contributed by atoms with E-state index in [-0.39, 0.29) is 31.1 Å². The van der Waals surface area contributed by atoms with E-state index in [2.05, 4.69) is 81.5 Å². The molecule has 0 spiro atoms. The molecular weight excluding hydrogens is 877 g/mol. The van der Waals surface area contributed by atoms with Gasteiger partial charge >= 0.3 is 17.9 Å². The van der Waals surface area contributed by atoms with E-state index in [1.165, 1.54) is 199 Å². The summed E-state index contributed by atoms with van der Waals surface area (Å²) in [7, 11) is 0. The van der Waals surface area contributed by atoms with E-state index < -0.39 is 6.10 Å². The predicted molar refractivity (Wildman–Crippen MR) is 307 cm³/mol. The lowest BCUT2D eigenvalue weighted by Crippen LogP contribution is -2.30. The van der Waals surface area contributed by atoms with Crippen molar-refractivity contribution in [1.29, 1.82) is 0 Å². The summed E-state index contributed by atoms with van der Waals surface area (Å²) in [5.74, 6) is -0.887. The third-order valence-corrected chi connectivity index (χ3v) is 13.6. The van der Waals surface area contributed by atoms with Crippen molar-refractivity contribution in [1.82, 2.24) is 0 Å². The first kappa shape index (κ1) is 68.1. The van der Waals surface area contributed by atoms with E-state index in [9.17, 15) is 14.4 Å². The summed E-state index contributed by atoms with van der Waals surface area (Å²) in [6.45, 7) is 6.62. The molecule has 1 atom stereocenters. The van der Waals surface area contributed by atoms with Gasteiger partial charge in [-0.15, -0.1) is 0 Å². The largest absolute Gasteiger partial charge is 0.462 e. The van der Waals surface area contributed by atoms with Crippen molar-refractivity contribution in [2.24, 2.45) is 0 Å². The van der Waals surface area contributed by atoms with Gasteiger partial charge in [0.25, 0.3) is 0 Å². The third kappa shape index (κ3) is 57.9. The summed E-state index contributed by atoms with van der Waals surface area (Å²) < 4.78 is 16.9. The van der Waals surface area contributed by atoms with Crippen LogP contribution in [0, 0.1) is 0 Å². The molecule has 6 nitrogen and oxygen atoms in total.